The zero-order valence-electron chi connectivity index (χ0n) is 16.9. The number of amides is 1. The van der Waals surface area contributed by atoms with Gasteiger partial charge in [-0.3, -0.25) is 9.79 Å². The first-order chi connectivity index (χ1) is 12.6. The summed E-state index contributed by atoms with van der Waals surface area (Å²) in [7, 11) is 1.77. The van der Waals surface area contributed by atoms with Gasteiger partial charge in [0.15, 0.2) is 5.96 Å². The van der Waals surface area contributed by atoms with E-state index in [2.05, 4.69) is 59.1 Å². The Labute approximate surface area is 181 Å². The molecule has 1 amide bonds. The summed E-state index contributed by atoms with van der Waals surface area (Å²) in [5.41, 5.74) is 2.61. The van der Waals surface area contributed by atoms with Gasteiger partial charge < -0.3 is 16.0 Å². The van der Waals surface area contributed by atoms with Crippen LogP contribution < -0.4 is 16.0 Å². The van der Waals surface area contributed by atoms with E-state index in [9.17, 15) is 4.79 Å². The molecule has 1 unspecified atom stereocenters. The van der Waals surface area contributed by atoms with Gasteiger partial charge in [0, 0.05) is 32.6 Å². The fourth-order valence-corrected chi connectivity index (χ4v) is 3.44. The van der Waals surface area contributed by atoms with Crippen molar-refractivity contribution in [2.24, 2.45) is 10.9 Å². The van der Waals surface area contributed by atoms with Crippen LogP contribution in [0.5, 0.6) is 0 Å². The third-order valence-corrected chi connectivity index (χ3v) is 5.10. The summed E-state index contributed by atoms with van der Waals surface area (Å²) >= 11 is 0. The predicted molar refractivity (Wildman–Crippen MR) is 124 cm³/mol. The van der Waals surface area contributed by atoms with Crippen molar-refractivity contribution in [3.8, 4) is 0 Å². The van der Waals surface area contributed by atoms with E-state index in [1.807, 2.05) is 0 Å². The normalized spacial score (nSPS) is 16.2. The number of carbonyl (C=O) groups excluding carboxylic acids is 1. The minimum atomic E-state index is 0. The van der Waals surface area contributed by atoms with Gasteiger partial charge in [-0.15, -0.1) is 24.0 Å². The van der Waals surface area contributed by atoms with E-state index in [4.69, 9.17) is 0 Å². The molecule has 0 bridgehead atoms. The lowest BCUT2D eigenvalue weighted by Crippen LogP contribution is -2.43. The molecular formula is C21H35IN4O. The Balaban J connectivity index is 0.00000364. The van der Waals surface area contributed by atoms with Crippen molar-refractivity contribution in [2.75, 3.05) is 26.7 Å². The summed E-state index contributed by atoms with van der Waals surface area (Å²) in [4.78, 5) is 16.4. The van der Waals surface area contributed by atoms with E-state index in [0.29, 0.717) is 19.0 Å². The number of rotatable bonds is 7. The molecule has 0 aromatic heterocycles. The number of halogens is 1. The minimum Gasteiger partial charge on any atom is -0.356 e. The molecule has 1 atom stereocenters. The van der Waals surface area contributed by atoms with E-state index in [1.54, 1.807) is 7.05 Å². The van der Waals surface area contributed by atoms with Crippen molar-refractivity contribution in [1.29, 1.82) is 0 Å². The highest BCUT2D eigenvalue weighted by Gasteiger charge is 2.20. The summed E-state index contributed by atoms with van der Waals surface area (Å²) in [6.07, 6.45) is 5.73. The van der Waals surface area contributed by atoms with Crippen LogP contribution in [0.2, 0.25) is 0 Å². The zero-order valence-corrected chi connectivity index (χ0v) is 19.2. The zero-order chi connectivity index (χ0) is 18.8. The van der Waals surface area contributed by atoms with Crippen LogP contribution >= 0.6 is 24.0 Å². The highest BCUT2D eigenvalue weighted by molar-refractivity contribution is 14.0. The van der Waals surface area contributed by atoms with Crippen molar-refractivity contribution >= 4 is 35.8 Å². The number of carbonyl (C=O) groups is 1. The molecule has 2 rings (SSSR count). The van der Waals surface area contributed by atoms with Crippen LogP contribution in [0.3, 0.4) is 0 Å². The first-order valence-electron chi connectivity index (χ1n) is 9.89. The van der Waals surface area contributed by atoms with Crippen LogP contribution in [-0.2, 0) is 4.79 Å². The Hall–Kier alpha value is -1.31. The molecule has 5 nitrogen and oxygen atoms in total. The van der Waals surface area contributed by atoms with Crippen molar-refractivity contribution in [1.82, 2.24) is 16.0 Å². The number of aliphatic imine (C=N–C) groups is 1. The number of guanidine groups is 1. The minimum absolute atomic E-state index is 0. The summed E-state index contributed by atoms with van der Waals surface area (Å²) in [6.45, 7) is 6.45. The summed E-state index contributed by atoms with van der Waals surface area (Å²) < 4.78 is 0. The molecule has 0 saturated heterocycles. The molecule has 3 N–H and O–H groups in total. The van der Waals surface area contributed by atoms with Crippen molar-refractivity contribution in [3.05, 3.63) is 35.4 Å². The van der Waals surface area contributed by atoms with E-state index >= 15 is 0 Å². The van der Waals surface area contributed by atoms with Gasteiger partial charge in [0.2, 0.25) is 5.91 Å². The Morgan fingerprint density at radius 1 is 1.15 bits per heavy atom. The fourth-order valence-electron chi connectivity index (χ4n) is 3.44. The Kier molecular flexibility index (Phi) is 11.4. The third-order valence-electron chi connectivity index (χ3n) is 5.10. The van der Waals surface area contributed by atoms with Gasteiger partial charge in [-0.1, -0.05) is 56.0 Å². The number of hydrogen-bond acceptors (Lipinski definition) is 2. The molecule has 1 saturated carbocycles. The van der Waals surface area contributed by atoms with Gasteiger partial charge in [0.25, 0.3) is 0 Å². The molecule has 0 radical (unpaired) electrons. The van der Waals surface area contributed by atoms with Gasteiger partial charge in [0.1, 0.15) is 0 Å². The molecule has 1 aliphatic rings. The Morgan fingerprint density at radius 2 is 1.85 bits per heavy atom. The molecule has 1 aliphatic carbocycles. The quantitative estimate of drug-likeness (QED) is 0.239. The van der Waals surface area contributed by atoms with Crippen LogP contribution in [-0.4, -0.2) is 38.5 Å². The smallest absolute Gasteiger partial charge is 0.223 e. The third kappa shape index (κ3) is 8.49. The molecule has 1 fully saturated rings. The van der Waals surface area contributed by atoms with Crippen LogP contribution in [0, 0.1) is 12.8 Å². The average molecular weight is 486 g/mol. The standard InChI is InChI=1S/C21H34N4O.HI/c1-16-8-7-11-19(14-16)17(2)15-25-21(22-3)24-13-12-23-20(26)18-9-5-4-6-10-18;/h7-8,11,14,17-18H,4-6,9-10,12-13,15H2,1-3H3,(H,23,26)(H2,22,24,25);1H. The lowest BCUT2D eigenvalue weighted by Gasteiger charge is -2.21. The lowest BCUT2D eigenvalue weighted by molar-refractivity contribution is -0.125. The van der Waals surface area contributed by atoms with Gasteiger partial charge in [-0.2, -0.15) is 0 Å². The molecule has 27 heavy (non-hydrogen) atoms. The van der Waals surface area contributed by atoms with Gasteiger partial charge in [-0.05, 0) is 31.2 Å². The maximum Gasteiger partial charge on any atom is 0.223 e. The van der Waals surface area contributed by atoms with Crippen molar-refractivity contribution < 1.29 is 4.79 Å². The second kappa shape index (κ2) is 13.0. The van der Waals surface area contributed by atoms with Crippen LogP contribution in [0.15, 0.2) is 29.3 Å². The first-order valence-corrected chi connectivity index (χ1v) is 9.89. The summed E-state index contributed by atoms with van der Waals surface area (Å²) in [5.74, 6) is 1.61. The Bertz CT molecular complexity index is 600. The number of hydrogen-bond donors (Lipinski definition) is 3. The predicted octanol–water partition coefficient (Wildman–Crippen LogP) is 3.58. The molecule has 6 heteroatoms. The second-order valence-corrected chi connectivity index (χ2v) is 7.32. The maximum absolute atomic E-state index is 12.1. The molecular weight excluding hydrogens is 451 g/mol. The molecule has 0 spiro atoms. The lowest BCUT2D eigenvalue weighted by atomic mass is 9.89. The number of benzene rings is 1. The first kappa shape index (κ1) is 23.7. The fraction of sp³-hybridized carbons (Fsp3) is 0.619. The van der Waals surface area contributed by atoms with E-state index < -0.39 is 0 Å². The topological polar surface area (TPSA) is 65.5 Å². The van der Waals surface area contributed by atoms with E-state index in [1.165, 1.54) is 30.4 Å². The van der Waals surface area contributed by atoms with Crippen molar-refractivity contribution in [3.63, 3.8) is 0 Å². The van der Waals surface area contributed by atoms with Crippen LogP contribution in [0.4, 0.5) is 0 Å². The second-order valence-electron chi connectivity index (χ2n) is 7.32. The molecule has 1 aromatic carbocycles. The number of nitrogens with zero attached hydrogens (tertiary/aromatic N) is 1. The number of aryl methyl sites for hydroxylation is 1. The Morgan fingerprint density at radius 3 is 2.52 bits per heavy atom. The number of nitrogens with one attached hydrogen (secondary N) is 3. The van der Waals surface area contributed by atoms with Crippen molar-refractivity contribution in [2.45, 2.75) is 51.9 Å². The summed E-state index contributed by atoms with van der Waals surface area (Å²) in [6, 6.07) is 8.61. The monoisotopic (exact) mass is 486 g/mol. The SMILES string of the molecule is CN=C(NCCNC(=O)C1CCCCC1)NCC(C)c1cccc(C)c1.I. The van der Waals surface area contributed by atoms with Gasteiger partial charge in [-0.25, -0.2) is 0 Å². The summed E-state index contributed by atoms with van der Waals surface area (Å²) in [5, 5.41) is 9.68. The van der Waals surface area contributed by atoms with E-state index in [-0.39, 0.29) is 35.8 Å². The average Bonchev–Trinajstić information content (AvgIpc) is 2.67. The van der Waals surface area contributed by atoms with Crippen LogP contribution in [0.25, 0.3) is 0 Å². The van der Waals surface area contributed by atoms with Crippen LogP contribution in [0.1, 0.15) is 56.1 Å². The van der Waals surface area contributed by atoms with Gasteiger partial charge >= 0.3 is 0 Å². The highest BCUT2D eigenvalue weighted by atomic mass is 127. The molecule has 0 heterocycles. The largest absolute Gasteiger partial charge is 0.356 e. The molecule has 1 aromatic rings. The molecule has 0 aliphatic heterocycles. The maximum atomic E-state index is 12.1. The molecule has 152 valence electrons. The highest BCUT2D eigenvalue weighted by Crippen LogP contribution is 2.23. The van der Waals surface area contributed by atoms with E-state index in [0.717, 1.165) is 25.3 Å². The van der Waals surface area contributed by atoms with Gasteiger partial charge in [0.05, 0.1) is 0 Å².